The highest BCUT2D eigenvalue weighted by Gasteiger charge is 2.11. The summed E-state index contributed by atoms with van der Waals surface area (Å²) in [6.45, 7) is 3.36. The number of nitrogens with zero attached hydrogens (tertiary/aromatic N) is 1. The van der Waals surface area contributed by atoms with Gasteiger partial charge in [-0.05, 0) is 42.0 Å². The van der Waals surface area contributed by atoms with Crippen molar-refractivity contribution in [2.75, 3.05) is 49.4 Å². The number of morpholine rings is 1. The summed E-state index contributed by atoms with van der Waals surface area (Å²) in [5, 5.41) is 2.95. The standard InChI is InChI=1S/C20H24N2O3S/c1-24-19-8-2-16(3-9-19)14-26-15-20(23)21-17-4-6-18(7-5-17)22-10-12-25-13-11-22/h2-9H,10-15H2,1H3,(H,21,23). The molecule has 1 aliphatic heterocycles. The summed E-state index contributed by atoms with van der Waals surface area (Å²) in [5.74, 6) is 2.09. The Bertz CT molecular complexity index is 698. The van der Waals surface area contributed by atoms with Crippen LogP contribution in [0.4, 0.5) is 11.4 Å². The van der Waals surface area contributed by atoms with Crippen LogP contribution in [0.3, 0.4) is 0 Å². The highest BCUT2D eigenvalue weighted by atomic mass is 32.2. The topological polar surface area (TPSA) is 50.8 Å². The smallest absolute Gasteiger partial charge is 0.234 e. The molecule has 0 aromatic heterocycles. The Labute approximate surface area is 158 Å². The molecule has 1 saturated heterocycles. The molecule has 2 aromatic rings. The van der Waals surface area contributed by atoms with Crippen molar-refractivity contribution < 1.29 is 14.3 Å². The van der Waals surface area contributed by atoms with Gasteiger partial charge in [-0.25, -0.2) is 0 Å². The Morgan fingerprint density at radius 1 is 1.12 bits per heavy atom. The van der Waals surface area contributed by atoms with E-state index in [0.717, 1.165) is 43.5 Å². The van der Waals surface area contributed by atoms with Gasteiger partial charge in [-0.2, -0.15) is 0 Å². The Hall–Kier alpha value is -2.18. The Morgan fingerprint density at radius 3 is 2.46 bits per heavy atom. The quantitative estimate of drug-likeness (QED) is 0.807. The summed E-state index contributed by atoms with van der Waals surface area (Å²) < 4.78 is 10.5. The van der Waals surface area contributed by atoms with Crippen LogP contribution in [-0.2, 0) is 15.3 Å². The molecule has 1 heterocycles. The monoisotopic (exact) mass is 372 g/mol. The number of thioether (sulfide) groups is 1. The fourth-order valence-electron chi connectivity index (χ4n) is 2.76. The lowest BCUT2D eigenvalue weighted by Gasteiger charge is -2.28. The predicted molar refractivity (Wildman–Crippen MR) is 107 cm³/mol. The van der Waals surface area contributed by atoms with E-state index >= 15 is 0 Å². The first-order valence-corrected chi connectivity index (χ1v) is 9.83. The molecule has 1 fully saturated rings. The number of anilines is 2. The molecular formula is C20H24N2O3S. The lowest BCUT2D eigenvalue weighted by Crippen LogP contribution is -2.36. The maximum atomic E-state index is 12.1. The summed E-state index contributed by atoms with van der Waals surface area (Å²) in [6.07, 6.45) is 0. The lowest BCUT2D eigenvalue weighted by molar-refractivity contribution is -0.113. The molecule has 0 bridgehead atoms. The zero-order valence-electron chi connectivity index (χ0n) is 14.9. The number of carbonyl (C=O) groups is 1. The van der Waals surface area contributed by atoms with Gasteiger partial charge in [0.05, 0.1) is 26.1 Å². The van der Waals surface area contributed by atoms with Crippen LogP contribution in [0.25, 0.3) is 0 Å². The van der Waals surface area contributed by atoms with E-state index in [-0.39, 0.29) is 5.91 Å². The molecule has 0 radical (unpaired) electrons. The van der Waals surface area contributed by atoms with Crippen molar-refractivity contribution in [2.24, 2.45) is 0 Å². The largest absolute Gasteiger partial charge is 0.497 e. The van der Waals surface area contributed by atoms with E-state index in [2.05, 4.69) is 10.2 Å². The molecule has 1 aliphatic rings. The second kappa shape index (κ2) is 9.50. The fraction of sp³-hybridized carbons (Fsp3) is 0.350. The molecule has 0 unspecified atom stereocenters. The summed E-state index contributed by atoms with van der Waals surface area (Å²) in [7, 11) is 1.65. The molecule has 0 spiro atoms. The van der Waals surface area contributed by atoms with Crippen molar-refractivity contribution in [3.63, 3.8) is 0 Å². The molecule has 6 heteroatoms. The maximum absolute atomic E-state index is 12.1. The molecule has 1 amide bonds. The number of methoxy groups -OCH3 is 1. The summed E-state index contributed by atoms with van der Waals surface area (Å²) in [6, 6.07) is 15.9. The second-order valence-corrected chi connectivity index (χ2v) is 7.02. The van der Waals surface area contributed by atoms with E-state index in [9.17, 15) is 4.79 Å². The molecule has 2 aromatic carbocycles. The van der Waals surface area contributed by atoms with Crippen LogP contribution < -0.4 is 15.0 Å². The van der Waals surface area contributed by atoms with Crippen molar-refractivity contribution >= 4 is 29.0 Å². The molecule has 1 N–H and O–H groups in total. The fourth-order valence-corrected chi connectivity index (χ4v) is 3.55. The third-order valence-corrected chi connectivity index (χ3v) is 5.19. The van der Waals surface area contributed by atoms with Gasteiger partial charge < -0.3 is 19.7 Å². The van der Waals surface area contributed by atoms with Gasteiger partial charge in [0.2, 0.25) is 5.91 Å². The number of ether oxygens (including phenoxy) is 2. The molecule has 138 valence electrons. The molecule has 5 nitrogen and oxygen atoms in total. The van der Waals surface area contributed by atoms with E-state index < -0.39 is 0 Å². The van der Waals surface area contributed by atoms with Crippen LogP contribution in [0.2, 0.25) is 0 Å². The summed E-state index contributed by atoms with van der Waals surface area (Å²) in [4.78, 5) is 14.4. The molecular weight excluding hydrogens is 348 g/mol. The van der Waals surface area contributed by atoms with E-state index in [1.807, 2.05) is 48.5 Å². The van der Waals surface area contributed by atoms with Gasteiger partial charge in [0, 0.05) is 30.2 Å². The number of hydrogen-bond acceptors (Lipinski definition) is 5. The van der Waals surface area contributed by atoms with Crippen molar-refractivity contribution in [1.29, 1.82) is 0 Å². The third kappa shape index (κ3) is 5.41. The van der Waals surface area contributed by atoms with E-state index in [1.165, 1.54) is 11.3 Å². The first-order valence-electron chi connectivity index (χ1n) is 8.68. The van der Waals surface area contributed by atoms with Gasteiger partial charge in [0.1, 0.15) is 5.75 Å². The van der Waals surface area contributed by atoms with Crippen LogP contribution in [0.15, 0.2) is 48.5 Å². The molecule has 3 rings (SSSR count). The van der Waals surface area contributed by atoms with E-state index in [0.29, 0.717) is 5.75 Å². The van der Waals surface area contributed by atoms with Gasteiger partial charge in [0.15, 0.2) is 0 Å². The van der Waals surface area contributed by atoms with E-state index in [4.69, 9.17) is 9.47 Å². The zero-order chi connectivity index (χ0) is 18.2. The normalized spacial score (nSPS) is 14.1. The van der Waals surface area contributed by atoms with Gasteiger partial charge in [-0.3, -0.25) is 4.79 Å². The third-order valence-electron chi connectivity index (χ3n) is 4.19. The molecule has 0 aliphatic carbocycles. The van der Waals surface area contributed by atoms with Gasteiger partial charge in [-0.1, -0.05) is 12.1 Å². The van der Waals surface area contributed by atoms with Crippen molar-refractivity contribution in [1.82, 2.24) is 0 Å². The number of amides is 1. The van der Waals surface area contributed by atoms with Crippen LogP contribution >= 0.6 is 11.8 Å². The number of nitrogens with one attached hydrogen (secondary N) is 1. The average molecular weight is 372 g/mol. The van der Waals surface area contributed by atoms with Gasteiger partial charge >= 0.3 is 0 Å². The van der Waals surface area contributed by atoms with Crippen LogP contribution in [0.5, 0.6) is 5.75 Å². The maximum Gasteiger partial charge on any atom is 0.234 e. The minimum atomic E-state index is 0.0163. The summed E-state index contributed by atoms with van der Waals surface area (Å²) in [5.41, 5.74) is 3.18. The minimum absolute atomic E-state index is 0.0163. The number of hydrogen-bond donors (Lipinski definition) is 1. The van der Waals surface area contributed by atoms with Gasteiger partial charge in [0.25, 0.3) is 0 Å². The highest BCUT2D eigenvalue weighted by molar-refractivity contribution is 7.99. The van der Waals surface area contributed by atoms with Crippen molar-refractivity contribution in [3.05, 3.63) is 54.1 Å². The Balaban J connectivity index is 1.42. The highest BCUT2D eigenvalue weighted by Crippen LogP contribution is 2.20. The number of rotatable bonds is 7. The van der Waals surface area contributed by atoms with Crippen molar-refractivity contribution in [2.45, 2.75) is 5.75 Å². The molecule has 0 atom stereocenters. The average Bonchev–Trinajstić information content (AvgIpc) is 2.70. The second-order valence-electron chi connectivity index (χ2n) is 6.04. The molecule has 26 heavy (non-hydrogen) atoms. The molecule has 0 saturated carbocycles. The van der Waals surface area contributed by atoms with Gasteiger partial charge in [-0.15, -0.1) is 11.8 Å². The van der Waals surface area contributed by atoms with Crippen LogP contribution in [-0.4, -0.2) is 45.1 Å². The first kappa shape index (κ1) is 18.6. The number of benzene rings is 2. The lowest BCUT2D eigenvalue weighted by atomic mass is 10.2. The van der Waals surface area contributed by atoms with E-state index in [1.54, 1.807) is 18.9 Å². The SMILES string of the molecule is COc1ccc(CSCC(=O)Nc2ccc(N3CCOCC3)cc2)cc1. The van der Waals surface area contributed by atoms with Crippen LogP contribution in [0.1, 0.15) is 5.56 Å². The predicted octanol–water partition coefficient (Wildman–Crippen LogP) is 3.40. The Kier molecular flexibility index (Phi) is 6.80. The first-order chi connectivity index (χ1) is 12.7. The summed E-state index contributed by atoms with van der Waals surface area (Å²) >= 11 is 1.60. The minimum Gasteiger partial charge on any atom is -0.497 e. The van der Waals surface area contributed by atoms with Crippen molar-refractivity contribution in [3.8, 4) is 5.75 Å². The Morgan fingerprint density at radius 2 is 1.81 bits per heavy atom. The van der Waals surface area contributed by atoms with Crippen LogP contribution in [0, 0.1) is 0 Å². The number of carbonyl (C=O) groups excluding carboxylic acids is 1. The zero-order valence-corrected chi connectivity index (χ0v) is 15.8.